The molecule has 1 aromatic heterocycles. The van der Waals surface area contributed by atoms with Crippen LogP contribution in [0.4, 0.5) is 5.69 Å². The number of benzene rings is 1. The summed E-state index contributed by atoms with van der Waals surface area (Å²) < 4.78 is 5.33. The minimum absolute atomic E-state index is 0.0819. The van der Waals surface area contributed by atoms with Crippen LogP contribution < -0.4 is 10.5 Å². The topological polar surface area (TPSA) is 131 Å². The molecular weight excluding hydrogens is 286 g/mol. The summed E-state index contributed by atoms with van der Waals surface area (Å²) in [6.07, 6.45) is 0. The van der Waals surface area contributed by atoms with Crippen LogP contribution in [0.3, 0.4) is 0 Å². The lowest BCUT2D eigenvalue weighted by molar-refractivity contribution is -0.385. The molecule has 1 aromatic carbocycles. The van der Waals surface area contributed by atoms with Crippen molar-refractivity contribution >= 4 is 5.69 Å². The number of nitro groups is 1. The zero-order valence-electron chi connectivity index (χ0n) is 11.5. The molecule has 8 heteroatoms. The van der Waals surface area contributed by atoms with E-state index in [1.54, 1.807) is 25.1 Å². The molecule has 3 rings (SSSR count). The third kappa shape index (κ3) is 1.88. The molecule has 0 saturated carbocycles. The Bertz CT molecular complexity index is 846. The monoisotopic (exact) mass is 297 g/mol. The number of nitriles is 1. The Hall–Kier alpha value is -3.34. The van der Waals surface area contributed by atoms with E-state index in [4.69, 9.17) is 10.5 Å². The van der Waals surface area contributed by atoms with Gasteiger partial charge in [0.2, 0.25) is 11.8 Å². The van der Waals surface area contributed by atoms with Gasteiger partial charge in [-0.25, -0.2) is 0 Å². The van der Waals surface area contributed by atoms with Gasteiger partial charge in [0, 0.05) is 22.9 Å². The zero-order chi connectivity index (χ0) is 15.9. The van der Waals surface area contributed by atoms with Crippen molar-refractivity contribution in [3.63, 3.8) is 0 Å². The Morgan fingerprint density at radius 1 is 1.50 bits per heavy atom. The van der Waals surface area contributed by atoms with Crippen LogP contribution >= 0.6 is 0 Å². The minimum Gasteiger partial charge on any atom is -0.420 e. The van der Waals surface area contributed by atoms with E-state index >= 15 is 0 Å². The number of para-hydroxylation sites is 1. The summed E-state index contributed by atoms with van der Waals surface area (Å²) in [5.41, 5.74) is 7.45. The number of H-pyrrole nitrogens is 1. The van der Waals surface area contributed by atoms with Crippen molar-refractivity contribution in [2.24, 2.45) is 5.73 Å². The Morgan fingerprint density at radius 2 is 2.23 bits per heavy atom. The number of aromatic nitrogens is 2. The number of nitrogens with zero attached hydrogens (tertiary/aromatic N) is 3. The summed E-state index contributed by atoms with van der Waals surface area (Å²) in [4.78, 5) is 10.8. The first-order chi connectivity index (χ1) is 10.5. The normalized spacial score (nSPS) is 16.6. The number of hydrogen-bond donors (Lipinski definition) is 2. The van der Waals surface area contributed by atoms with Crippen LogP contribution in [-0.4, -0.2) is 15.1 Å². The maximum Gasteiger partial charge on any atom is 0.273 e. The smallest absolute Gasteiger partial charge is 0.273 e. The number of aryl methyl sites for hydroxylation is 1. The number of rotatable bonds is 2. The number of nitrogens with one attached hydrogen (secondary N) is 1. The summed E-state index contributed by atoms with van der Waals surface area (Å²) >= 11 is 0. The van der Waals surface area contributed by atoms with Gasteiger partial charge in [-0.15, -0.1) is 5.10 Å². The molecule has 0 aliphatic carbocycles. The van der Waals surface area contributed by atoms with Crippen molar-refractivity contribution in [2.75, 3.05) is 0 Å². The Labute approximate surface area is 125 Å². The summed E-state index contributed by atoms with van der Waals surface area (Å²) in [7, 11) is 0. The second kappa shape index (κ2) is 4.89. The quantitative estimate of drug-likeness (QED) is 0.642. The van der Waals surface area contributed by atoms with E-state index in [9.17, 15) is 15.4 Å². The molecule has 0 spiro atoms. The summed E-state index contributed by atoms with van der Waals surface area (Å²) in [5.74, 6) is -0.545. The van der Waals surface area contributed by atoms with E-state index in [0.717, 1.165) is 0 Å². The van der Waals surface area contributed by atoms with Crippen LogP contribution in [0.5, 0.6) is 5.88 Å². The van der Waals surface area contributed by atoms with Crippen molar-refractivity contribution in [3.05, 3.63) is 62.7 Å². The van der Waals surface area contributed by atoms with Gasteiger partial charge in [-0.3, -0.25) is 15.2 Å². The van der Waals surface area contributed by atoms with E-state index in [1.165, 1.54) is 6.07 Å². The molecule has 0 radical (unpaired) electrons. The maximum atomic E-state index is 11.3. The fourth-order valence-electron chi connectivity index (χ4n) is 2.61. The number of fused-ring (bicyclic) bond motifs is 1. The van der Waals surface area contributed by atoms with E-state index in [-0.39, 0.29) is 23.0 Å². The predicted octanol–water partition coefficient (Wildman–Crippen LogP) is 1.84. The van der Waals surface area contributed by atoms with Gasteiger partial charge in [0.25, 0.3) is 5.69 Å². The van der Waals surface area contributed by atoms with Crippen LogP contribution in [0.25, 0.3) is 0 Å². The molecule has 1 atom stereocenters. The Kier molecular flexibility index (Phi) is 3.03. The van der Waals surface area contributed by atoms with E-state index in [1.807, 2.05) is 6.07 Å². The SMILES string of the molecule is Cc1[nH]nc2c1[C@H](c1ccccc1[N+](=O)[O-])C(C#N)=C(N)O2. The second-order valence-corrected chi connectivity index (χ2v) is 4.81. The van der Waals surface area contributed by atoms with Crippen molar-refractivity contribution in [1.29, 1.82) is 5.26 Å². The Balaban J connectivity index is 2.31. The molecule has 0 unspecified atom stereocenters. The van der Waals surface area contributed by atoms with Gasteiger partial charge in [0.15, 0.2) is 0 Å². The predicted molar refractivity (Wildman–Crippen MR) is 75.7 cm³/mol. The first-order valence-electron chi connectivity index (χ1n) is 6.40. The van der Waals surface area contributed by atoms with Crippen LogP contribution in [-0.2, 0) is 0 Å². The summed E-state index contributed by atoms with van der Waals surface area (Å²) in [6, 6.07) is 8.24. The molecule has 0 bridgehead atoms. The van der Waals surface area contributed by atoms with E-state index in [2.05, 4.69) is 10.2 Å². The van der Waals surface area contributed by atoms with Crippen LogP contribution in [0, 0.1) is 28.4 Å². The van der Waals surface area contributed by atoms with Gasteiger partial charge in [0.05, 0.1) is 10.8 Å². The van der Waals surface area contributed by atoms with E-state index < -0.39 is 10.8 Å². The second-order valence-electron chi connectivity index (χ2n) is 4.81. The fraction of sp³-hybridized carbons (Fsp3) is 0.143. The van der Waals surface area contributed by atoms with Crippen LogP contribution in [0.15, 0.2) is 35.7 Å². The highest BCUT2D eigenvalue weighted by Gasteiger charge is 2.37. The third-order valence-electron chi connectivity index (χ3n) is 3.57. The molecule has 1 aliphatic heterocycles. The lowest BCUT2D eigenvalue weighted by Crippen LogP contribution is -2.21. The first-order valence-corrected chi connectivity index (χ1v) is 6.40. The van der Waals surface area contributed by atoms with Crippen molar-refractivity contribution in [3.8, 4) is 11.9 Å². The molecule has 1 aliphatic rings. The number of aromatic amines is 1. The highest BCUT2D eigenvalue weighted by atomic mass is 16.6. The minimum atomic E-state index is -0.686. The lowest BCUT2D eigenvalue weighted by atomic mass is 9.83. The van der Waals surface area contributed by atoms with Gasteiger partial charge < -0.3 is 10.5 Å². The van der Waals surface area contributed by atoms with E-state index in [0.29, 0.717) is 16.8 Å². The molecule has 0 saturated heterocycles. The van der Waals surface area contributed by atoms with Gasteiger partial charge in [0.1, 0.15) is 11.6 Å². The Morgan fingerprint density at radius 3 is 2.91 bits per heavy atom. The summed E-state index contributed by atoms with van der Waals surface area (Å²) in [5, 5.41) is 27.4. The number of hydrogen-bond acceptors (Lipinski definition) is 6. The maximum absolute atomic E-state index is 11.3. The van der Waals surface area contributed by atoms with Crippen LogP contribution in [0.1, 0.15) is 22.7 Å². The zero-order valence-corrected chi connectivity index (χ0v) is 11.5. The average molecular weight is 297 g/mol. The largest absolute Gasteiger partial charge is 0.420 e. The number of ether oxygens (including phenoxy) is 1. The lowest BCUT2D eigenvalue weighted by Gasteiger charge is -2.23. The summed E-state index contributed by atoms with van der Waals surface area (Å²) in [6.45, 7) is 1.76. The van der Waals surface area contributed by atoms with Crippen molar-refractivity contribution in [1.82, 2.24) is 10.2 Å². The number of allylic oxidation sites excluding steroid dienone is 1. The van der Waals surface area contributed by atoms with Crippen molar-refractivity contribution in [2.45, 2.75) is 12.8 Å². The fourth-order valence-corrected chi connectivity index (χ4v) is 2.61. The molecule has 2 heterocycles. The highest BCUT2D eigenvalue weighted by molar-refractivity contribution is 5.59. The number of nitrogens with two attached hydrogens (primary N) is 1. The molecule has 3 N–H and O–H groups in total. The van der Waals surface area contributed by atoms with Crippen molar-refractivity contribution < 1.29 is 9.66 Å². The highest BCUT2D eigenvalue weighted by Crippen LogP contribution is 2.44. The van der Waals surface area contributed by atoms with Gasteiger partial charge in [-0.2, -0.15) is 5.26 Å². The molecule has 2 aromatic rings. The van der Waals surface area contributed by atoms with Gasteiger partial charge >= 0.3 is 0 Å². The van der Waals surface area contributed by atoms with Gasteiger partial charge in [-0.1, -0.05) is 18.2 Å². The molecule has 110 valence electrons. The molecule has 0 fully saturated rings. The molecule has 8 nitrogen and oxygen atoms in total. The molecule has 22 heavy (non-hydrogen) atoms. The van der Waals surface area contributed by atoms with Crippen LogP contribution in [0.2, 0.25) is 0 Å². The van der Waals surface area contributed by atoms with Gasteiger partial charge in [-0.05, 0) is 6.92 Å². The standard InChI is InChI=1S/C14H11N5O3/c1-7-11-12(8-4-2-3-5-10(8)19(20)21)9(6-15)13(16)22-14(11)18-17-7/h2-5,12H,16H2,1H3,(H,17,18)/t12-/m1/s1. The number of nitro benzene ring substituents is 1. The molecular formula is C14H11N5O3. The average Bonchev–Trinajstić information content (AvgIpc) is 2.86. The third-order valence-corrected chi connectivity index (χ3v) is 3.57. The first kappa shape index (κ1) is 13.6. The molecule has 0 amide bonds.